The van der Waals surface area contributed by atoms with Gasteiger partial charge in [-0.3, -0.25) is 4.79 Å². The first kappa shape index (κ1) is 9.78. The highest BCUT2D eigenvalue weighted by Gasteiger charge is 1.97. The van der Waals surface area contributed by atoms with Crippen LogP contribution in [0.2, 0.25) is 0 Å². The number of esters is 1. The Labute approximate surface area is 65.0 Å². The molecule has 62 valence electrons. The summed E-state index contributed by atoms with van der Waals surface area (Å²) >= 11 is 0. The molecule has 0 aromatic rings. The van der Waals surface area contributed by atoms with Crippen molar-refractivity contribution in [3.8, 4) is 0 Å². The molecule has 0 aliphatic heterocycles. The first-order valence-corrected chi connectivity index (χ1v) is 3.47. The van der Waals surface area contributed by atoms with Crippen LogP contribution in [-0.2, 0) is 9.53 Å². The fraction of sp³-hybridized carbons (Fsp3) is 0.833. The summed E-state index contributed by atoms with van der Waals surface area (Å²) < 4.78 is 4.68. The summed E-state index contributed by atoms with van der Waals surface area (Å²) in [5.74, 6) is -0.236. The van der Waals surface area contributed by atoms with Crippen molar-refractivity contribution in [2.75, 3.05) is 13.2 Å². The van der Waals surface area contributed by atoms with Crippen LogP contribution in [0.4, 0.5) is 0 Å². The van der Waals surface area contributed by atoms with Gasteiger partial charge >= 0.3 is 5.97 Å². The Morgan fingerprint density at radius 1 is 1.73 bits per heavy atom. The van der Waals surface area contributed by atoms with Crippen molar-refractivity contribution in [2.24, 2.45) is 5.11 Å². The lowest BCUT2D eigenvalue weighted by Crippen LogP contribution is -2.06. The van der Waals surface area contributed by atoms with Gasteiger partial charge in [-0.25, -0.2) is 0 Å². The Kier molecular flexibility index (Phi) is 6.13. The molecule has 0 aliphatic rings. The maximum atomic E-state index is 10.6. The molecule has 0 N–H and O–H groups in total. The number of carbonyl (C=O) groups excluding carboxylic acids is 1. The first-order chi connectivity index (χ1) is 5.31. The molecule has 11 heavy (non-hydrogen) atoms. The van der Waals surface area contributed by atoms with Crippen molar-refractivity contribution >= 4 is 5.97 Å². The molecule has 0 unspecified atom stereocenters. The van der Waals surface area contributed by atoms with Gasteiger partial charge in [0.2, 0.25) is 0 Å². The van der Waals surface area contributed by atoms with Gasteiger partial charge in [-0.2, -0.15) is 0 Å². The molecule has 0 heterocycles. The van der Waals surface area contributed by atoms with Gasteiger partial charge in [-0.05, 0) is 12.0 Å². The van der Waals surface area contributed by atoms with Crippen LogP contribution in [-0.4, -0.2) is 19.1 Å². The number of rotatable bonds is 5. The second-order valence-electron chi connectivity index (χ2n) is 1.92. The third kappa shape index (κ3) is 6.67. The molecule has 0 radical (unpaired) electrons. The standard InChI is InChI=1S/C6H11N3O2/c1-2-3-6(10)11-5-4-8-9-7/h2-5H2,1H3. The Morgan fingerprint density at radius 3 is 3.00 bits per heavy atom. The lowest BCUT2D eigenvalue weighted by Gasteiger charge is -1.99. The predicted octanol–water partition coefficient (Wildman–Crippen LogP) is 1.64. The van der Waals surface area contributed by atoms with Crippen molar-refractivity contribution in [3.05, 3.63) is 10.4 Å². The van der Waals surface area contributed by atoms with E-state index in [2.05, 4.69) is 14.8 Å². The second kappa shape index (κ2) is 6.89. The van der Waals surface area contributed by atoms with Crippen LogP contribution in [0.1, 0.15) is 19.8 Å². The molecule has 0 rings (SSSR count). The number of azide groups is 1. The van der Waals surface area contributed by atoms with Crippen molar-refractivity contribution in [2.45, 2.75) is 19.8 Å². The molecule has 0 bridgehead atoms. The average Bonchev–Trinajstić information content (AvgIpc) is 1.99. The molecule has 0 aliphatic carbocycles. The fourth-order valence-electron chi connectivity index (χ4n) is 0.521. The molecule has 5 heteroatoms. The molecule has 0 saturated carbocycles. The maximum absolute atomic E-state index is 10.6. The molecule has 0 amide bonds. The van der Waals surface area contributed by atoms with Crippen molar-refractivity contribution in [1.82, 2.24) is 0 Å². The fourth-order valence-corrected chi connectivity index (χ4v) is 0.521. The van der Waals surface area contributed by atoms with Crippen molar-refractivity contribution in [1.29, 1.82) is 0 Å². The summed E-state index contributed by atoms with van der Waals surface area (Å²) in [6.45, 7) is 2.30. The maximum Gasteiger partial charge on any atom is 0.305 e. The molecular weight excluding hydrogens is 146 g/mol. The van der Waals surface area contributed by atoms with Gasteiger partial charge in [0.25, 0.3) is 0 Å². The van der Waals surface area contributed by atoms with Gasteiger partial charge in [0.05, 0.1) is 13.2 Å². The summed E-state index contributed by atoms with van der Waals surface area (Å²) in [5.41, 5.74) is 7.85. The van der Waals surface area contributed by atoms with Crippen LogP contribution in [0, 0.1) is 0 Å². The van der Waals surface area contributed by atoms with E-state index >= 15 is 0 Å². The van der Waals surface area contributed by atoms with E-state index in [1.165, 1.54) is 0 Å². The van der Waals surface area contributed by atoms with Crippen LogP contribution < -0.4 is 0 Å². The molecule has 0 fully saturated rings. The van der Waals surface area contributed by atoms with Gasteiger partial charge < -0.3 is 4.74 Å². The summed E-state index contributed by atoms with van der Waals surface area (Å²) in [7, 11) is 0. The van der Waals surface area contributed by atoms with Crippen LogP contribution in [0.15, 0.2) is 5.11 Å². The zero-order valence-corrected chi connectivity index (χ0v) is 6.49. The van der Waals surface area contributed by atoms with Crippen LogP contribution in [0.5, 0.6) is 0 Å². The summed E-state index contributed by atoms with van der Waals surface area (Å²) in [6.07, 6.45) is 1.20. The van der Waals surface area contributed by atoms with Crippen LogP contribution in [0.25, 0.3) is 10.4 Å². The van der Waals surface area contributed by atoms with Gasteiger partial charge in [-0.15, -0.1) is 0 Å². The zero-order chi connectivity index (χ0) is 8.53. The van der Waals surface area contributed by atoms with Gasteiger partial charge in [0.15, 0.2) is 0 Å². The highest BCUT2D eigenvalue weighted by molar-refractivity contribution is 5.69. The van der Waals surface area contributed by atoms with E-state index in [-0.39, 0.29) is 19.1 Å². The van der Waals surface area contributed by atoms with Crippen LogP contribution in [0.3, 0.4) is 0 Å². The zero-order valence-electron chi connectivity index (χ0n) is 6.49. The molecule has 0 atom stereocenters. The highest BCUT2D eigenvalue weighted by atomic mass is 16.5. The lowest BCUT2D eigenvalue weighted by atomic mass is 10.3. The van der Waals surface area contributed by atoms with Gasteiger partial charge in [0, 0.05) is 11.3 Å². The minimum Gasteiger partial charge on any atom is -0.466 e. The van der Waals surface area contributed by atoms with E-state index in [0.29, 0.717) is 6.42 Å². The quantitative estimate of drug-likeness (QED) is 0.200. The number of carbonyl (C=O) groups is 1. The monoisotopic (exact) mass is 157 g/mol. The molecule has 0 spiro atoms. The first-order valence-electron chi connectivity index (χ1n) is 3.47. The minimum atomic E-state index is -0.236. The Hall–Kier alpha value is -1.22. The van der Waals surface area contributed by atoms with E-state index < -0.39 is 0 Å². The summed E-state index contributed by atoms with van der Waals surface area (Å²) in [4.78, 5) is 13.2. The van der Waals surface area contributed by atoms with E-state index in [4.69, 9.17) is 5.53 Å². The topological polar surface area (TPSA) is 75.1 Å². The third-order valence-electron chi connectivity index (χ3n) is 0.972. The summed E-state index contributed by atoms with van der Waals surface area (Å²) in [6, 6.07) is 0. The van der Waals surface area contributed by atoms with Crippen LogP contribution >= 0.6 is 0 Å². The number of nitrogens with zero attached hydrogens (tertiary/aromatic N) is 3. The Morgan fingerprint density at radius 2 is 2.45 bits per heavy atom. The van der Waals surface area contributed by atoms with E-state index in [0.717, 1.165) is 6.42 Å². The van der Waals surface area contributed by atoms with Crippen molar-refractivity contribution in [3.63, 3.8) is 0 Å². The summed E-state index contributed by atoms with van der Waals surface area (Å²) in [5, 5.41) is 3.21. The second-order valence-corrected chi connectivity index (χ2v) is 1.92. The van der Waals surface area contributed by atoms with E-state index in [1.807, 2.05) is 6.92 Å². The minimum absolute atomic E-state index is 0.183. The Balaban J connectivity index is 3.23. The molecule has 0 saturated heterocycles. The largest absolute Gasteiger partial charge is 0.466 e. The molecule has 5 nitrogen and oxygen atoms in total. The molecule has 0 aromatic carbocycles. The van der Waals surface area contributed by atoms with E-state index in [9.17, 15) is 4.79 Å². The molecular formula is C6H11N3O2. The smallest absolute Gasteiger partial charge is 0.305 e. The number of ether oxygens (including phenoxy) is 1. The van der Waals surface area contributed by atoms with Crippen molar-refractivity contribution < 1.29 is 9.53 Å². The predicted molar refractivity (Wildman–Crippen MR) is 39.9 cm³/mol. The highest BCUT2D eigenvalue weighted by Crippen LogP contribution is 1.90. The number of hydrogen-bond acceptors (Lipinski definition) is 3. The average molecular weight is 157 g/mol. The SMILES string of the molecule is CCCC(=O)OCCN=[N+]=[N-]. The van der Waals surface area contributed by atoms with Gasteiger partial charge in [-0.1, -0.05) is 12.0 Å². The normalized spacial score (nSPS) is 8.45. The third-order valence-corrected chi connectivity index (χ3v) is 0.972. The Bertz CT molecular complexity index is 163. The lowest BCUT2D eigenvalue weighted by molar-refractivity contribution is -0.143. The number of hydrogen-bond donors (Lipinski definition) is 0. The molecule has 0 aromatic heterocycles. The van der Waals surface area contributed by atoms with Gasteiger partial charge in [0.1, 0.15) is 0 Å². The van der Waals surface area contributed by atoms with E-state index in [1.54, 1.807) is 0 Å².